The zero-order valence-corrected chi connectivity index (χ0v) is 10.4. The highest BCUT2D eigenvalue weighted by Gasteiger charge is 1.98. The van der Waals surface area contributed by atoms with Crippen molar-refractivity contribution in [2.45, 2.75) is 19.9 Å². The van der Waals surface area contributed by atoms with Gasteiger partial charge in [0.05, 0.1) is 11.6 Å². The van der Waals surface area contributed by atoms with Gasteiger partial charge in [-0.25, -0.2) is 0 Å². The van der Waals surface area contributed by atoms with E-state index in [4.69, 9.17) is 5.26 Å². The molecular weight excluding hydrogens is 224 g/mol. The first-order valence-corrected chi connectivity index (χ1v) is 6.01. The van der Waals surface area contributed by atoms with Crippen molar-refractivity contribution in [3.05, 3.63) is 47.8 Å². The van der Waals surface area contributed by atoms with Crippen LogP contribution >= 0.6 is 0 Å². The number of nitriles is 1. The second kappa shape index (κ2) is 5.87. The summed E-state index contributed by atoms with van der Waals surface area (Å²) in [6, 6.07) is 9.90. The van der Waals surface area contributed by atoms with E-state index in [-0.39, 0.29) is 0 Å². The molecule has 0 amide bonds. The van der Waals surface area contributed by atoms with Gasteiger partial charge in [0, 0.05) is 31.2 Å². The highest BCUT2D eigenvalue weighted by atomic mass is 15.3. The molecule has 0 bridgehead atoms. The fourth-order valence-electron chi connectivity index (χ4n) is 1.81. The summed E-state index contributed by atoms with van der Waals surface area (Å²) in [5, 5.41) is 16.3. The molecule has 4 heteroatoms. The van der Waals surface area contributed by atoms with Crippen LogP contribution in [0.5, 0.6) is 0 Å². The third kappa shape index (κ3) is 3.11. The lowest BCUT2D eigenvalue weighted by Crippen LogP contribution is -2.07. The van der Waals surface area contributed by atoms with Crippen LogP contribution in [0.15, 0.2) is 36.7 Å². The average molecular weight is 240 g/mol. The molecule has 0 radical (unpaired) electrons. The van der Waals surface area contributed by atoms with Crippen molar-refractivity contribution in [1.29, 1.82) is 5.26 Å². The van der Waals surface area contributed by atoms with E-state index in [0.29, 0.717) is 0 Å². The lowest BCUT2D eigenvalue weighted by molar-refractivity contribution is 0.592. The van der Waals surface area contributed by atoms with Crippen molar-refractivity contribution in [3.63, 3.8) is 0 Å². The standard InChI is InChI=1S/C14H16N4/c1-12-10-14(5-4-13(12)11-15)16-6-2-8-18-9-3-7-17-18/h3-5,7,9-10,16H,2,6,8H2,1H3. The van der Waals surface area contributed by atoms with Crippen LogP contribution in [0.3, 0.4) is 0 Å². The summed E-state index contributed by atoms with van der Waals surface area (Å²) in [5.41, 5.74) is 2.80. The number of benzene rings is 1. The van der Waals surface area contributed by atoms with Gasteiger partial charge < -0.3 is 5.32 Å². The number of rotatable bonds is 5. The van der Waals surface area contributed by atoms with Crippen molar-refractivity contribution in [3.8, 4) is 6.07 Å². The first-order valence-electron chi connectivity index (χ1n) is 6.01. The number of nitrogens with zero attached hydrogens (tertiary/aromatic N) is 3. The Kier molecular flexibility index (Phi) is 3.98. The lowest BCUT2D eigenvalue weighted by atomic mass is 10.1. The minimum absolute atomic E-state index is 0.733. The second-order valence-electron chi connectivity index (χ2n) is 4.19. The molecule has 0 atom stereocenters. The highest BCUT2D eigenvalue weighted by molar-refractivity contribution is 5.51. The molecule has 0 spiro atoms. The van der Waals surface area contributed by atoms with Gasteiger partial charge in [-0.05, 0) is 43.2 Å². The fraction of sp³-hybridized carbons (Fsp3) is 0.286. The summed E-state index contributed by atoms with van der Waals surface area (Å²) in [7, 11) is 0. The monoisotopic (exact) mass is 240 g/mol. The molecule has 0 fully saturated rings. The molecule has 4 nitrogen and oxygen atoms in total. The third-order valence-electron chi connectivity index (χ3n) is 2.80. The summed E-state index contributed by atoms with van der Waals surface area (Å²) in [5.74, 6) is 0. The first-order chi connectivity index (χ1) is 8.79. The van der Waals surface area contributed by atoms with Crippen molar-refractivity contribution < 1.29 is 0 Å². The van der Waals surface area contributed by atoms with E-state index in [0.717, 1.165) is 36.3 Å². The van der Waals surface area contributed by atoms with Crippen LogP contribution in [0, 0.1) is 18.3 Å². The van der Waals surface area contributed by atoms with Crippen molar-refractivity contribution in [2.24, 2.45) is 0 Å². The van der Waals surface area contributed by atoms with E-state index in [1.807, 2.05) is 42.1 Å². The maximum Gasteiger partial charge on any atom is 0.0994 e. The van der Waals surface area contributed by atoms with E-state index in [1.54, 1.807) is 6.20 Å². The topological polar surface area (TPSA) is 53.6 Å². The predicted octanol–water partition coefficient (Wildman–Crippen LogP) is 2.57. The summed E-state index contributed by atoms with van der Waals surface area (Å²) in [4.78, 5) is 0. The quantitative estimate of drug-likeness (QED) is 0.817. The lowest BCUT2D eigenvalue weighted by Gasteiger charge is -2.08. The molecule has 0 aliphatic heterocycles. The van der Waals surface area contributed by atoms with Gasteiger partial charge in [-0.1, -0.05) is 0 Å². The molecule has 2 aromatic rings. The largest absolute Gasteiger partial charge is 0.385 e. The maximum absolute atomic E-state index is 8.85. The van der Waals surface area contributed by atoms with Gasteiger partial charge in [-0.3, -0.25) is 4.68 Å². The number of aromatic nitrogens is 2. The van der Waals surface area contributed by atoms with Gasteiger partial charge >= 0.3 is 0 Å². The number of hydrogen-bond acceptors (Lipinski definition) is 3. The zero-order valence-electron chi connectivity index (χ0n) is 10.4. The number of hydrogen-bond donors (Lipinski definition) is 1. The zero-order chi connectivity index (χ0) is 12.8. The van der Waals surface area contributed by atoms with E-state index in [9.17, 15) is 0 Å². The van der Waals surface area contributed by atoms with Crippen LogP contribution < -0.4 is 5.32 Å². The van der Waals surface area contributed by atoms with Crippen molar-refractivity contribution >= 4 is 5.69 Å². The van der Waals surface area contributed by atoms with Gasteiger partial charge in [-0.2, -0.15) is 10.4 Å². The Labute approximate surface area is 107 Å². The minimum atomic E-state index is 0.733. The number of anilines is 1. The van der Waals surface area contributed by atoms with Gasteiger partial charge in [0.1, 0.15) is 0 Å². The molecule has 0 aliphatic carbocycles. The second-order valence-corrected chi connectivity index (χ2v) is 4.19. The van der Waals surface area contributed by atoms with Gasteiger partial charge in [0.15, 0.2) is 0 Å². The molecule has 0 aliphatic rings. The summed E-state index contributed by atoms with van der Waals surface area (Å²) in [6.45, 7) is 3.76. The number of aryl methyl sites for hydroxylation is 2. The smallest absolute Gasteiger partial charge is 0.0994 e. The molecule has 1 N–H and O–H groups in total. The van der Waals surface area contributed by atoms with Crippen molar-refractivity contribution in [2.75, 3.05) is 11.9 Å². The third-order valence-corrected chi connectivity index (χ3v) is 2.80. The Balaban J connectivity index is 1.80. The highest BCUT2D eigenvalue weighted by Crippen LogP contribution is 2.14. The van der Waals surface area contributed by atoms with E-state index >= 15 is 0 Å². The SMILES string of the molecule is Cc1cc(NCCCn2cccn2)ccc1C#N. The molecule has 18 heavy (non-hydrogen) atoms. The maximum atomic E-state index is 8.85. The molecule has 1 aromatic carbocycles. The van der Waals surface area contributed by atoms with Crippen LogP contribution in [0.25, 0.3) is 0 Å². The molecule has 0 unspecified atom stereocenters. The Bertz CT molecular complexity index is 537. The van der Waals surface area contributed by atoms with Crippen LogP contribution in [-0.2, 0) is 6.54 Å². The molecule has 2 rings (SSSR count). The van der Waals surface area contributed by atoms with Crippen LogP contribution in [-0.4, -0.2) is 16.3 Å². The Morgan fingerprint density at radius 3 is 3.00 bits per heavy atom. The average Bonchev–Trinajstić information content (AvgIpc) is 2.88. The molecular formula is C14H16N4. The van der Waals surface area contributed by atoms with Gasteiger partial charge in [0.25, 0.3) is 0 Å². The summed E-state index contributed by atoms with van der Waals surface area (Å²) >= 11 is 0. The summed E-state index contributed by atoms with van der Waals surface area (Å²) in [6.07, 6.45) is 4.77. The van der Waals surface area contributed by atoms with E-state index in [1.165, 1.54) is 0 Å². The Hall–Kier alpha value is -2.28. The Morgan fingerprint density at radius 1 is 1.44 bits per heavy atom. The van der Waals surface area contributed by atoms with Crippen LogP contribution in [0.2, 0.25) is 0 Å². The fourth-order valence-corrected chi connectivity index (χ4v) is 1.81. The molecule has 1 heterocycles. The van der Waals surface area contributed by atoms with Gasteiger partial charge in [-0.15, -0.1) is 0 Å². The van der Waals surface area contributed by atoms with E-state index in [2.05, 4.69) is 16.5 Å². The molecule has 0 saturated carbocycles. The van der Waals surface area contributed by atoms with Crippen LogP contribution in [0.4, 0.5) is 5.69 Å². The predicted molar refractivity (Wildman–Crippen MR) is 71.2 cm³/mol. The van der Waals surface area contributed by atoms with Crippen molar-refractivity contribution in [1.82, 2.24) is 9.78 Å². The molecule has 1 aromatic heterocycles. The van der Waals surface area contributed by atoms with Gasteiger partial charge in [0.2, 0.25) is 0 Å². The molecule has 92 valence electrons. The first kappa shape index (κ1) is 12.2. The van der Waals surface area contributed by atoms with Crippen LogP contribution in [0.1, 0.15) is 17.5 Å². The number of nitrogens with one attached hydrogen (secondary N) is 1. The summed E-state index contributed by atoms with van der Waals surface area (Å²) < 4.78 is 1.92. The Morgan fingerprint density at radius 2 is 2.33 bits per heavy atom. The van der Waals surface area contributed by atoms with E-state index < -0.39 is 0 Å². The normalized spacial score (nSPS) is 10.0. The minimum Gasteiger partial charge on any atom is -0.385 e. The molecule has 0 saturated heterocycles.